The van der Waals surface area contributed by atoms with Crippen LogP contribution in [-0.2, 0) is 20.1 Å². The number of halogens is 1. The Kier molecular flexibility index (Phi) is 3.72. The third kappa shape index (κ3) is 2.74. The molecule has 5 rings (SSSR count). The average Bonchev–Trinajstić information content (AvgIpc) is 3.22. The van der Waals surface area contributed by atoms with E-state index in [1.807, 2.05) is 49.6 Å². The van der Waals surface area contributed by atoms with Crippen LogP contribution in [0.3, 0.4) is 0 Å². The first-order valence-electron chi connectivity index (χ1n) is 9.04. The summed E-state index contributed by atoms with van der Waals surface area (Å²) in [4.78, 5) is 18.2. The number of benzene rings is 2. The zero-order valence-electron chi connectivity index (χ0n) is 15.3. The van der Waals surface area contributed by atoms with E-state index in [1.165, 1.54) is 6.07 Å². The maximum Gasteiger partial charge on any atom is 0.273 e. The molecule has 0 aliphatic carbocycles. The molecule has 28 heavy (non-hydrogen) atoms. The second-order valence-electron chi connectivity index (χ2n) is 7.05. The third-order valence-corrected chi connectivity index (χ3v) is 5.11. The number of fused-ring (bicyclic) bond motifs is 2. The van der Waals surface area contributed by atoms with Gasteiger partial charge in [-0.3, -0.25) is 14.5 Å². The van der Waals surface area contributed by atoms with Crippen LogP contribution in [0.4, 0.5) is 4.39 Å². The predicted molar refractivity (Wildman–Crippen MR) is 104 cm³/mol. The van der Waals surface area contributed by atoms with Gasteiger partial charge in [-0.05, 0) is 35.4 Å². The Morgan fingerprint density at radius 3 is 2.75 bits per heavy atom. The highest BCUT2D eigenvalue weighted by Gasteiger charge is 2.28. The standard InChI is InChI=1S/C22H17FN4O/c1-26-11-18-9-14(6-7-20(18)25-26)15-4-5-16(19(23)10-15)12-27-13-17-3-2-8-24-21(17)22(27)28/h2-11H,12-13H2,1H3. The number of pyridine rings is 1. The van der Waals surface area contributed by atoms with Crippen molar-refractivity contribution in [1.29, 1.82) is 0 Å². The Balaban J connectivity index is 1.41. The Hall–Kier alpha value is -3.54. The van der Waals surface area contributed by atoms with Crippen LogP contribution in [0.15, 0.2) is 60.9 Å². The van der Waals surface area contributed by atoms with Gasteiger partial charge in [0, 0.05) is 49.0 Å². The SMILES string of the molecule is Cn1cc2cc(-c3ccc(CN4Cc5cccnc5C4=O)c(F)c3)ccc2n1. The van der Waals surface area contributed by atoms with E-state index in [9.17, 15) is 9.18 Å². The van der Waals surface area contributed by atoms with Crippen LogP contribution < -0.4 is 0 Å². The summed E-state index contributed by atoms with van der Waals surface area (Å²) in [6.45, 7) is 0.684. The largest absolute Gasteiger partial charge is 0.328 e. The van der Waals surface area contributed by atoms with Gasteiger partial charge in [0.05, 0.1) is 5.52 Å². The molecule has 0 radical (unpaired) electrons. The minimum Gasteiger partial charge on any atom is -0.328 e. The van der Waals surface area contributed by atoms with Gasteiger partial charge in [0.15, 0.2) is 0 Å². The number of amides is 1. The van der Waals surface area contributed by atoms with Crippen molar-refractivity contribution in [1.82, 2.24) is 19.7 Å². The molecule has 0 N–H and O–H groups in total. The second kappa shape index (κ2) is 6.27. The topological polar surface area (TPSA) is 51.0 Å². The van der Waals surface area contributed by atoms with Crippen molar-refractivity contribution in [2.45, 2.75) is 13.1 Å². The first-order valence-corrected chi connectivity index (χ1v) is 9.04. The molecule has 2 aromatic carbocycles. The van der Waals surface area contributed by atoms with Crippen molar-refractivity contribution in [3.63, 3.8) is 0 Å². The van der Waals surface area contributed by atoms with Gasteiger partial charge in [-0.15, -0.1) is 0 Å². The third-order valence-electron chi connectivity index (χ3n) is 5.11. The van der Waals surface area contributed by atoms with Crippen molar-refractivity contribution in [3.8, 4) is 11.1 Å². The molecule has 3 heterocycles. The zero-order valence-corrected chi connectivity index (χ0v) is 15.3. The normalized spacial score (nSPS) is 13.4. The number of rotatable bonds is 3. The highest BCUT2D eigenvalue weighted by atomic mass is 19.1. The lowest BCUT2D eigenvalue weighted by molar-refractivity contribution is 0.0761. The maximum absolute atomic E-state index is 14.8. The summed E-state index contributed by atoms with van der Waals surface area (Å²) < 4.78 is 16.6. The van der Waals surface area contributed by atoms with Crippen LogP contribution >= 0.6 is 0 Å². The fourth-order valence-corrected chi connectivity index (χ4v) is 3.70. The lowest BCUT2D eigenvalue weighted by atomic mass is 10.0. The zero-order chi connectivity index (χ0) is 19.3. The van der Waals surface area contributed by atoms with E-state index in [1.54, 1.807) is 21.8 Å². The highest BCUT2D eigenvalue weighted by molar-refractivity contribution is 5.96. The Labute approximate surface area is 161 Å². The molecule has 4 aromatic rings. The second-order valence-corrected chi connectivity index (χ2v) is 7.05. The van der Waals surface area contributed by atoms with E-state index in [-0.39, 0.29) is 18.3 Å². The Morgan fingerprint density at radius 2 is 1.93 bits per heavy atom. The van der Waals surface area contributed by atoms with Crippen molar-refractivity contribution >= 4 is 16.8 Å². The fourth-order valence-electron chi connectivity index (χ4n) is 3.70. The number of hydrogen-bond acceptors (Lipinski definition) is 3. The molecule has 1 amide bonds. The molecule has 0 fully saturated rings. The molecule has 5 nitrogen and oxygen atoms in total. The van der Waals surface area contributed by atoms with Crippen molar-refractivity contribution < 1.29 is 9.18 Å². The molecule has 0 unspecified atom stereocenters. The highest BCUT2D eigenvalue weighted by Crippen LogP contribution is 2.27. The molecule has 0 bridgehead atoms. The summed E-state index contributed by atoms with van der Waals surface area (Å²) in [6, 6.07) is 14.7. The minimum absolute atomic E-state index is 0.152. The van der Waals surface area contributed by atoms with Crippen LogP contribution in [0.25, 0.3) is 22.0 Å². The fraction of sp³-hybridized carbons (Fsp3) is 0.136. The van der Waals surface area contributed by atoms with Crippen LogP contribution in [0.5, 0.6) is 0 Å². The molecule has 6 heteroatoms. The number of aryl methyl sites for hydroxylation is 1. The molecule has 0 atom stereocenters. The van der Waals surface area contributed by atoms with Gasteiger partial charge in [-0.1, -0.05) is 24.3 Å². The van der Waals surface area contributed by atoms with Crippen molar-refractivity contribution in [2.75, 3.05) is 0 Å². The van der Waals surface area contributed by atoms with Crippen LogP contribution in [0.2, 0.25) is 0 Å². The van der Waals surface area contributed by atoms with Crippen molar-refractivity contribution in [3.05, 3.63) is 83.6 Å². The van der Waals surface area contributed by atoms with Gasteiger partial charge in [-0.2, -0.15) is 5.10 Å². The molecular formula is C22H17FN4O. The van der Waals surface area contributed by atoms with E-state index >= 15 is 0 Å². The number of carbonyl (C=O) groups excluding carboxylic acids is 1. The van der Waals surface area contributed by atoms with E-state index in [4.69, 9.17) is 0 Å². The smallest absolute Gasteiger partial charge is 0.273 e. The maximum atomic E-state index is 14.8. The summed E-state index contributed by atoms with van der Waals surface area (Å²) in [5.41, 5.74) is 4.47. The van der Waals surface area contributed by atoms with Gasteiger partial charge >= 0.3 is 0 Å². The van der Waals surface area contributed by atoms with Crippen molar-refractivity contribution in [2.24, 2.45) is 7.05 Å². The first-order chi connectivity index (χ1) is 13.6. The molecule has 2 aromatic heterocycles. The predicted octanol–water partition coefficient (Wildman–Crippen LogP) is 3.93. The summed E-state index contributed by atoms with van der Waals surface area (Å²) in [5, 5.41) is 5.37. The van der Waals surface area contributed by atoms with Gasteiger partial charge in [0.2, 0.25) is 0 Å². The molecule has 1 aliphatic rings. The summed E-state index contributed by atoms with van der Waals surface area (Å²) in [7, 11) is 1.88. The average molecular weight is 372 g/mol. The summed E-state index contributed by atoms with van der Waals surface area (Å²) in [5.74, 6) is -0.471. The van der Waals surface area contributed by atoms with E-state index in [2.05, 4.69) is 10.1 Å². The Bertz CT molecular complexity index is 1230. The number of nitrogens with zero attached hydrogens (tertiary/aromatic N) is 4. The number of hydrogen-bond donors (Lipinski definition) is 0. The number of aromatic nitrogens is 3. The summed E-state index contributed by atoms with van der Waals surface area (Å²) in [6.07, 6.45) is 3.54. The quantitative estimate of drug-likeness (QED) is 0.548. The van der Waals surface area contributed by atoms with Crippen LogP contribution in [0.1, 0.15) is 21.6 Å². The van der Waals surface area contributed by atoms with Crippen LogP contribution in [-0.4, -0.2) is 25.6 Å². The van der Waals surface area contributed by atoms with Gasteiger partial charge in [-0.25, -0.2) is 4.39 Å². The molecule has 0 saturated carbocycles. The minimum atomic E-state index is -0.319. The molecular weight excluding hydrogens is 355 g/mol. The number of carbonyl (C=O) groups is 1. The first kappa shape index (κ1) is 16.6. The van der Waals surface area contributed by atoms with Crippen LogP contribution in [0, 0.1) is 5.82 Å². The lowest BCUT2D eigenvalue weighted by Crippen LogP contribution is -2.24. The molecule has 138 valence electrons. The van der Waals surface area contributed by atoms with Gasteiger partial charge < -0.3 is 4.90 Å². The van der Waals surface area contributed by atoms with E-state index in [0.29, 0.717) is 17.8 Å². The molecule has 0 saturated heterocycles. The van der Waals surface area contributed by atoms with Gasteiger partial charge in [0.25, 0.3) is 5.91 Å². The lowest BCUT2D eigenvalue weighted by Gasteiger charge is -2.16. The summed E-state index contributed by atoms with van der Waals surface area (Å²) >= 11 is 0. The van der Waals surface area contributed by atoms with E-state index in [0.717, 1.165) is 27.6 Å². The molecule has 0 spiro atoms. The van der Waals surface area contributed by atoms with Gasteiger partial charge in [0.1, 0.15) is 11.5 Å². The monoisotopic (exact) mass is 372 g/mol. The van der Waals surface area contributed by atoms with E-state index < -0.39 is 0 Å². The molecule has 1 aliphatic heterocycles. The Morgan fingerprint density at radius 1 is 1.11 bits per heavy atom.